The Morgan fingerprint density at radius 3 is 1.69 bits per heavy atom. The van der Waals surface area contributed by atoms with E-state index in [1.807, 2.05) is 13.8 Å². The Kier molecular flexibility index (Phi) is 26.4. The minimum atomic E-state index is -1.75. The lowest BCUT2D eigenvalue weighted by molar-refractivity contribution is -0.142. The van der Waals surface area contributed by atoms with E-state index in [0.29, 0.717) is 41.2 Å². The predicted molar refractivity (Wildman–Crippen MR) is 313 cm³/mol. The summed E-state index contributed by atoms with van der Waals surface area (Å²) >= 11 is 6.16. The number of aliphatic hydroxyl groups is 1. The topological polar surface area (TPSA) is 416 Å². The van der Waals surface area contributed by atoms with Crippen molar-refractivity contribution >= 4 is 76.6 Å². The van der Waals surface area contributed by atoms with E-state index in [9.17, 15) is 58.2 Å². The van der Waals surface area contributed by atoms with Crippen LogP contribution in [0.15, 0.2) is 66.0 Å². The number of benzene rings is 2. The number of carbonyl (C=O) groups is 10. The zero-order chi connectivity index (χ0) is 62.3. The van der Waals surface area contributed by atoms with Crippen LogP contribution in [0.3, 0.4) is 0 Å². The maximum atomic E-state index is 14.6. The van der Waals surface area contributed by atoms with Crippen LogP contribution in [0.25, 0.3) is 0 Å². The van der Waals surface area contributed by atoms with Gasteiger partial charge in [0.1, 0.15) is 60.1 Å². The Morgan fingerprint density at radius 2 is 1.20 bits per heavy atom. The predicted octanol–water partition coefficient (Wildman–Crippen LogP) is -1.27. The third-order valence-electron chi connectivity index (χ3n) is 14.2. The summed E-state index contributed by atoms with van der Waals surface area (Å²) in [6.45, 7) is 8.79. The summed E-state index contributed by atoms with van der Waals surface area (Å²) in [5.74, 6) is -7.63. The quantitative estimate of drug-likeness (QED) is 0.0197. The number of guanidine groups is 1. The Hall–Kier alpha value is -8.33. The van der Waals surface area contributed by atoms with Crippen molar-refractivity contribution in [3.8, 4) is 5.75 Å². The van der Waals surface area contributed by atoms with E-state index >= 15 is 0 Å². The number of aromatic amines is 1. The fraction of sp³-hybridized carbons (Fsp3) is 0.544. The van der Waals surface area contributed by atoms with Crippen LogP contribution >= 0.6 is 11.6 Å². The van der Waals surface area contributed by atoms with Crippen molar-refractivity contribution in [2.24, 2.45) is 28.3 Å². The number of nitrogens with two attached hydrogens (primary N) is 2. The number of H-pyrrole nitrogens is 1. The molecule has 2 aliphatic rings. The summed E-state index contributed by atoms with van der Waals surface area (Å²) < 4.78 is 0. The molecule has 85 heavy (non-hydrogen) atoms. The first-order chi connectivity index (χ1) is 40.4. The standard InChI is InChI=1S/C57H82ClN15O12/c1-6-62-55(84)46-10-8-22-73(46)56(85)39(9-7-21-63-57(59)60)66-49(78)40(23-31(2)3)67-50(79)41(24-32(4)5)68-51(80)42(26-34-13-17-37(75)18-14-34)70-54(83)45(29-74)72-52(81)43(25-33-11-15-35(58)16-12-33)69-53(82)44(27-36-28-61-30-64-36)71-48(77)38-19-20-47(76)65-38/h11-18,28,30-32,38-46,74-75H,6-10,19-27,29H2,1-5H3,(H,61,64)(H,62,84)(H,65,76)(H,66,78)(H,67,79)(H,68,80)(H,69,82)(H,70,83)(H,71,77)(H,72,81)(H4,59,60,63)/t38-,39-,40-,41+,42-,43-,44-,45-,46-/m0/s1. The molecule has 9 atom stereocenters. The lowest BCUT2D eigenvalue weighted by atomic mass is 9.98. The number of amides is 10. The van der Waals surface area contributed by atoms with Gasteiger partial charge in [0.25, 0.3) is 0 Å². The summed E-state index contributed by atoms with van der Waals surface area (Å²) in [7, 11) is 0. The smallest absolute Gasteiger partial charge is 0.245 e. The number of aliphatic hydroxyl groups excluding tert-OH is 1. The molecular formula is C57H82ClN15O12. The van der Waals surface area contributed by atoms with Crippen LogP contribution in [0.4, 0.5) is 0 Å². The Labute approximate surface area is 498 Å². The number of phenols is 1. The summed E-state index contributed by atoms with van der Waals surface area (Å²) in [4.78, 5) is 151. The zero-order valence-corrected chi connectivity index (χ0v) is 49.3. The maximum Gasteiger partial charge on any atom is 0.245 e. The average Bonchev–Trinajstić information content (AvgIpc) is 4.30. The van der Waals surface area contributed by atoms with Crippen LogP contribution in [0.5, 0.6) is 5.75 Å². The van der Waals surface area contributed by atoms with Crippen molar-refractivity contribution in [1.29, 1.82) is 0 Å². The summed E-state index contributed by atoms with van der Waals surface area (Å²) in [5.41, 5.74) is 12.5. The van der Waals surface area contributed by atoms with Crippen molar-refractivity contribution in [2.45, 2.75) is 160 Å². The van der Waals surface area contributed by atoms with Gasteiger partial charge in [0, 0.05) is 62.2 Å². The van der Waals surface area contributed by atoms with Crippen LogP contribution in [0.2, 0.25) is 5.02 Å². The molecule has 10 amide bonds. The van der Waals surface area contributed by atoms with Gasteiger partial charge < -0.3 is 79.4 Å². The van der Waals surface area contributed by atoms with Crippen molar-refractivity contribution in [3.63, 3.8) is 0 Å². The molecule has 0 aliphatic carbocycles. The van der Waals surface area contributed by atoms with Crippen molar-refractivity contribution in [2.75, 3.05) is 26.2 Å². The second-order valence-electron chi connectivity index (χ2n) is 22.0. The van der Waals surface area contributed by atoms with E-state index in [1.54, 1.807) is 45.0 Å². The molecular weight excluding hydrogens is 1120 g/mol. The minimum Gasteiger partial charge on any atom is -0.508 e. The largest absolute Gasteiger partial charge is 0.508 e. The number of likely N-dealkylation sites (N-methyl/N-ethyl adjacent to an activating group) is 1. The summed E-state index contributed by atoms with van der Waals surface area (Å²) in [5, 5.41) is 45.2. The number of aliphatic imine (C=N–C) groups is 1. The zero-order valence-electron chi connectivity index (χ0n) is 48.6. The van der Waals surface area contributed by atoms with Gasteiger partial charge in [0.2, 0.25) is 59.1 Å². The van der Waals surface area contributed by atoms with Gasteiger partial charge in [0.05, 0.1) is 12.9 Å². The van der Waals surface area contributed by atoms with Gasteiger partial charge in [-0.25, -0.2) is 4.98 Å². The van der Waals surface area contributed by atoms with Gasteiger partial charge in [-0.15, -0.1) is 0 Å². The van der Waals surface area contributed by atoms with Crippen molar-refractivity contribution in [3.05, 3.63) is 82.9 Å². The lowest BCUT2D eigenvalue weighted by Gasteiger charge is -2.31. The van der Waals surface area contributed by atoms with Crippen molar-refractivity contribution in [1.82, 2.24) is 62.7 Å². The van der Waals surface area contributed by atoms with E-state index in [-0.39, 0.29) is 106 Å². The van der Waals surface area contributed by atoms with Crippen LogP contribution in [0, 0.1) is 11.8 Å². The molecule has 5 rings (SSSR count). The number of imidazole rings is 1. The summed E-state index contributed by atoms with van der Waals surface area (Å²) in [6, 6.07) is 0.672. The average molecular weight is 1200 g/mol. The molecule has 0 spiro atoms. The van der Waals surface area contributed by atoms with E-state index < -0.39 is 108 Å². The first kappa shape index (κ1) is 67.5. The molecule has 0 saturated carbocycles. The van der Waals surface area contributed by atoms with Gasteiger partial charge >= 0.3 is 0 Å². The molecule has 2 fully saturated rings. The second kappa shape index (κ2) is 33.2. The fourth-order valence-corrected chi connectivity index (χ4v) is 9.97. The number of hydrogen-bond acceptors (Lipinski definition) is 14. The Balaban J connectivity index is 1.37. The highest BCUT2D eigenvalue weighted by molar-refractivity contribution is 6.30. The second-order valence-corrected chi connectivity index (χ2v) is 22.5. The van der Waals surface area contributed by atoms with Gasteiger partial charge in [0.15, 0.2) is 5.96 Å². The molecule has 0 unspecified atom stereocenters. The van der Waals surface area contributed by atoms with Crippen LogP contribution < -0.4 is 59.3 Å². The minimum absolute atomic E-state index is 0.0369. The Morgan fingerprint density at radius 1 is 0.694 bits per heavy atom. The normalized spacial score (nSPS) is 17.2. The highest BCUT2D eigenvalue weighted by Gasteiger charge is 2.40. The van der Waals surface area contributed by atoms with Gasteiger partial charge in [-0.05, 0) is 99.1 Å². The number of rotatable bonds is 32. The van der Waals surface area contributed by atoms with E-state index in [2.05, 4.69) is 62.8 Å². The van der Waals surface area contributed by atoms with Gasteiger partial charge in [-0.2, -0.15) is 0 Å². The lowest BCUT2D eigenvalue weighted by Crippen LogP contribution is -2.61. The Bertz CT molecular complexity index is 2800. The number of hydrogen-bond donors (Lipinski definition) is 14. The first-order valence-electron chi connectivity index (χ1n) is 28.6. The van der Waals surface area contributed by atoms with Gasteiger partial charge in [-0.3, -0.25) is 52.9 Å². The third kappa shape index (κ3) is 21.7. The number of nitrogens with zero attached hydrogens (tertiary/aromatic N) is 3. The van der Waals surface area contributed by atoms with Crippen molar-refractivity contribution < 1.29 is 58.2 Å². The highest BCUT2D eigenvalue weighted by atomic mass is 35.5. The van der Waals surface area contributed by atoms with E-state index in [1.165, 1.54) is 41.7 Å². The molecule has 3 heterocycles. The van der Waals surface area contributed by atoms with Crippen LogP contribution in [-0.4, -0.2) is 171 Å². The molecule has 2 aromatic carbocycles. The van der Waals surface area contributed by atoms with E-state index in [0.717, 1.165) is 0 Å². The molecule has 28 heteroatoms. The number of aromatic hydroxyl groups is 1. The maximum absolute atomic E-state index is 14.6. The third-order valence-corrected chi connectivity index (χ3v) is 14.4. The number of phenolic OH excluding ortho intramolecular Hbond substituents is 1. The number of aromatic nitrogens is 2. The van der Waals surface area contributed by atoms with E-state index in [4.69, 9.17) is 23.1 Å². The van der Waals surface area contributed by atoms with Crippen LogP contribution in [0.1, 0.15) is 103 Å². The molecule has 16 N–H and O–H groups in total. The number of nitrogens with one attached hydrogen (secondary N) is 10. The molecule has 0 bridgehead atoms. The number of likely N-dealkylation sites (tertiary alicyclic amines) is 1. The molecule has 1 aromatic heterocycles. The monoisotopic (exact) mass is 1200 g/mol. The molecule has 0 radical (unpaired) electrons. The first-order valence-corrected chi connectivity index (χ1v) is 29.0. The van der Waals surface area contributed by atoms with Crippen LogP contribution in [-0.2, 0) is 67.2 Å². The molecule has 3 aromatic rings. The van der Waals surface area contributed by atoms with Gasteiger partial charge in [-0.1, -0.05) is 63.6 Å². The SMILES string of the molecule is CCNC(=O)[C@@H]1CCCN1C(=O)[C@H](CCCN=C(N)N)NC(=O)[C@H](CC(C)C)NC(=O)[C@@H](CC(C)C)NC(=O)[C@H](Cc1ccc(O)cc1)NC(=O)[C@H](CO)NC(=O)[C@H](Cc1ccc(Cl)cc1)NC(=O)[C@H](Cc1cnc[nH]1)NC(=O)[C@@H]1CCC(=O)N1. The molecule has 27 nitrogen and oxygen atoms in total. The highest BCUT2D eigenvalue weighted by Crippen LogP contribution is 2.21. The molecule has 2 saturated heterocycles. The number of carbonyl (C=O) groups excluding carboxylic acids is 10. The molecule has 464 valence electrons. The fourth-order valence-electron chi connectivity index (χ4n) is 9.84. The molecule has 2 aliphatic heterocycles. The summed E-state index contributed by atoms with van der Waals surface area (Å²) in [6.07, 6.45) is 4.08. The number of halogens is 1.